The fourth-order valence-corrected chi connectivity index (χ4v) is 2.14. The van der Waals surface area contributed by atoms with Gasteiger partial charge in [-0.05, 0) is 35.9 Å². The van der Waals surface area contributed by atoms with Gasteiger partial charge in [0.1, 0.15) is 5.75 Å². The van der Waals surface area contributed by atoms with Crippen molar-refractivity contribution in [3.63, 3.8) is 0 Å². The fourth-order valence-electron chi connectivity index (χ4n) is 2.14. The smallest absolute Gasteiger partial charge is 0.246 e. The van der Waals surface area contributed by atoms with Gasteiger partial charge in [-0.2, -0.15) is 4.98 Å². The van der Waals surface area contributed by atoms with Gasteiger partial charge in [-0.1, -0.05) is 35.5 Å². The number of carbonyl (C=O) groups is 1. The molecule has 0 atom stereocenters. The molecule has 1 amide bonds. The van der Waals surface area contributed by atoms with Crippen LogP contribution in [0.25, 0.3) is 17.5 Å². The van der Waals surface area contributed by atoms with Crippen molar-refractivity contribution in [2.45, 2.75) is 6.54 Å². The first kappa shape index (κ1) is 16.4. The second-order valence-corrected chi connectivity index (χ2v) is 5.20. The molecule has 0 radical (unpaired) electrons. The quantitative estimate of drug-likeness (QED) is 0.701. The van der Waals surface area contributed by atoms with Gasteiger partial charge in [0, 0.05) is 11.6 Å². The number of hydrogen-bond donors (Lipinski definition) is 1. The maximum atomic E-state index is 11.8. The van der Waals surface area contributed by atoms with Gasteiger partial charge in [-0.25, -0.2) is 0 Å². The van der Waals surface area contributed by atoms with Crippen LogP contribution in [-0.4, -0.2) is 23.2 Å². The second kappa shape index (κ2) is 7.92. The van der Waals surface area contributed by atoms with E-state index in [4.69, 9.17) is 9.26 Å². The molecule has 0 aliphatic carbocycles. The van der Waals surface area contributed by atoms with E-state index >= 15 is 0 Å². The average molecular weight is 335 g/mol. The molecule has 1 N–H and O–H groups in total. The van der Waals surface area contributed by atoms with E-state index in [1.807, 2.05) is 54.6 Å². The number of ether oxygens (including phenoxy) is 1. The SMILES string of the molecule is COc1ccc(-c2noc(CNC(=O)/C=C/c3ccccc3)n2)cc1. The number of nitrogens with one attached hydrogen (secondary N) is 1. The molecular formula is C19H17N3O3. The molecule has 0 fully saturated rings. The second-order valence-electron chi connectivity index (χ2n) is 5.20. The third kappa shape index (κ3) is 4.54. The van der Waals surface area contributed by atoms with Crippen LogP contribution in [0.2, 0.25) is 0 Å². The Morgan fingerprint density at radius 1 is 1.16 bits per heavy atom. The van der Waals surface area contributed by atoms with Crippen molar-refractivity contribution in [3.8, 4) is 17.1 Å². The van der Waals surface area contributed by atoms with E-state index in [-0.39, 0.29) is 12.5 Å². The number of benzene rings is 2. The first-order valence-corrected chi connectivity index (χ1v) is 7.72. The highest BCUT2D eigenvalue weighted by Gasteiger charge is 2.09. The Morgan fingerprint density at radius 2 is 1.92 bits per heavy atom. The summed E-state index contributed by atoms with van der Waals surface area (Å²) in [6.45, 7) is 0.168. The van der Waals surface area contributed by atoms with Crippen LogP contribution in [0.15, 0.2) is 65.2 Å². The van der Waals surface area contributed by atoms with Crippen LogP contribution in [0.5, 0.6) is 5.75 Å². The minimum Gasteiger partial charge on any atom is -0.497 e. The summed E-state index contributed by atoms with van der Waals surface area (Å²) < 4.78 is 10.3. The normalized spacial score (nSPS) is 10.8. The first-order chi connectivity index (χ1) is 12.2. The van der Waals surface area contributed by atoms with Gasteiger partial charge in [0.2, 0.25) is 17.6 Å². The van der Waals surface area contributed by atoms with E-state index in [1.54, 1.807) is 13.2 Å². The highest BCUT2D eigenvalue weighted by Crippen LogP contribution is 2.19. The first-order valence-electron chi connectivity index (χ1n) is 7.72. The highest BCUT2D eigenvalue weighted by atomic mass is 16.5. The lowest BCUT2D eigenvalue weighted by Crippen LogP contribution is -2.20. The lowest BCUT2D eigenvalue weighted by atomic mass is 10.2. The van der Waals surface area contributed by atoms with E-state index in [0.717, 1.165) is 16.9 Å². The van der Waals surface area contributed by atoms with Crippen molar-refractivity contribution in [1.82, 2.24) is 15.5 Å². The zero-order chi connectivity index (χ0) is 17.5. The number of carbonyl (C=O) groups excluding carboxylic acids is 1. The lowest BCUT2D eigenvalue weighted by molar-refractivity contribution is -0.116. The summed E-state index contributed by atoms with van der Waals surface area (Å²) in [6.07, 6.45) is 3.21. The molecule has 0 saturated heterocycles. The van der Waals surface area contributed by atoms with Crippen molar-refractivity contribution >= 4 is 12.0 Å². The number of aromatic nitrogens is 2. The van der Waals surface area contributed by atoms with Gasteiger partial charge in [0.05, 0.1) is 13.7 Å². The van der Waals surface area contributed by atoms with Crippen molar-refractivity contribution in [2.24, 2.45) is 0 Å². The van der Waals surface area contributed by atoms with Crippen LogP contribution in [0, 0.1) is 0 Å². The van der Waals surface area contributed by atoms with Gasteiger partial charge in [0.25, 0.3) is 0 Å². The molecule has 6 heteroatoms. The van der Waals surface area contributed by atoms with E-state index in [1.165, 1.54) is 6.08 Å². The van der Waals surface area contributed by atoms with E-state index in [9.17, 15) is 4.79 Å². The molecule has 0 spiro atoms. The van der Waals surface area contributed by atoms with Crippen LogP contribution in [0.1, 0.15) is 11.5 Å². The molecule has 0 unspecified atom stereocenters. The standard InChI is InChI=1S/C19H17N3O3/c1-24-16-10-8-15(9-11-16)19-21-18(25-22-19)13-20-17(23)12-7-14-5-3-2-4-6-14/h2-12H,13H2,1H3,(H,20,23)/b12-7+. The molecule has 0 saturated carbocycles. The lowest BCUT2D eigenvalue weighted by Gasteiger charge is -1.99. The summed E-state index contributed by atoms with van der Waals surface area (Å²) in [5.74, 6) is 1.33. The maximum Gasteiger partial charge on any atom is 0.246 e. The largest absolute Gasteiger partial charge is 0.497 e. The Bertz CT molecular complexity index is 855. The molecule has 0 aliphatic rings. The molecule has 6 nitrogen and oxygen atoms in total. The van der Waals surface area contributed by atoms with Gasteiger partial charge < -0.3 is 14.6 Å². The molecule has 2 aromatic carbocycles. The molecule has 3 rings (SSSR count). The zero-order valence-electron chi connectivity index (χ0n) is 13.7. The van der Waals surface area contributed by atoms with E-state index < -0.39 is 0 Å². The third-order valence-corrected chi connectivity index (χ3v) is 3.46. The molecular weight excluding hydrogens is 318 g/mol. The highest BCUT2D eigenvalue weighted by molar-refractivity contribution is 5.91. The van der Waals surface area contributed by atoms with Crippen molar-refractivity contribution in [1.29, 1.82) is 0 Å². The summed E-state index contributed by atoms with van der Waals surface area (Å²) in [5, 5.41) is 6.63. The Morgan fingerprint density at radius 3 is 2.64 bits per heavy atom. The van der Waals surface area contributed by atoms with E-state index in [2.05, 4.69) is 15.5 Å². The average Bonchev–Trinajstić information content (AvgIpc) is 3.14. The molecule has 126 valence electrons. The molecule has 0 bridgehead atoms. The third-order valence-electron chi connectivity index (χ3n) is 3.46. The summed E-state index contributed by atoms with van der Waals surface area (Å²) in [4.78, 5) is 16.1. The van der Waals surface area contributed by atoms with Gasteiger partial charge in [-0.3, -0.25) is 4.79 Å². The zero-order valence-corrected chi connectivity index (χ0v) is 13.7. The predicted molar refractivity (Wildman–Crippen MR) is 93.6 cm³/mol. The van der Waals surface area contributed by atoms with Crippen LogP contribution in [-0.2, 0) is 11.3 Å². The van der Waals surface area contributed by atoms with Crippen molar-refractivity contribution in [3.05, 3.63) is 72.1 Å². The summed E-state index contributed by atoms with van der Waals surface area (Å²) in [7, 11) is 1.61. The summed E-state index contributed by atoms with van der Waals surface area (Å²) in [5.41, 5.74) is 1.77. The maximum absolute atomic E-state index is 11.8. The van der Waals surface area contributed by atoms with Gasteiger partial charge in [-0.15, -0.1) is 0 Å². The fraction of sp³-hybridized carbons (Fsp3) is 0.105. The number of nitrogens with zero attached hydrogens (tertiary/aromatic N) is 2. The number of rotatable bonds is 6. The molecule has 1 heterocycles. The Balaban J connectivity index is 1.56. The Hall–Kier alpha value is -3.41. The monoisotopic (exact) mass is 335 g/mol. The molecule has 25 heavy (non-hydrogen) atoms. The summed E-state index contributed by atoms with van der Waals surface area (Å²) >= 11 is 0. The number of amides is 1. The van der Waals surface area contributed by atoms with Crippen LogP contribution in [0.3, 0.4) is 0 Å². The number of methoxy groups -OCH3 is 1. The van der Waals surface area contributed by atoms with Gasteiger partial charge >= 0.3 is 0 Å². The summed E-state index contributed by atoms with van der Waals surface area (Å²) in [6, 6.07) is 16.9. The van der Waals surface area contributed by atoms with Gasteiger partial charge in [0.15, 0.2) is 0 Å². The minimum atomic E-state index is -0.229. The Labute approximate surface area is 145 Å². The van der Waals surface area contributed by atoms with Crippen molar-refractivity contribution in [2.75, 3.05) is 7.11 Å². The Kier molecular flexibility index (Phi) is 5.21. The predicted octanol–water partition coefficient (Wildman–Crippen LogP) is 3.07. The molecule has 0 aliphatic heterocycles. The number of hydrogen-bond acceptors (Lipinski definition) is 5. The molecule has 1 aromatic heterocycles. The van der Waals surface area contributed by atoms with Crippen LogP contribution < -0.4 is 10.1 Å². The van der Waals surface area contributed by atoms with Crippen LogP contribution in [0.4, 0.5) is 0 Å². The minimum absolute atomic E-state index is 0.168. The van der Waals surface area contributed by atoms with Crippen LogP contribution >= 0.6 is 0 Å². The van der Waals surface area contributed by atoms with E-state index in [0.29, 0.717) is 11.7 Å². The topological polar surface area (TPSA) is 77.3 Å². The molecule has 3 aromatic rings. The van der Waals surface area contributed by atoms with Crippen molar-refractivity contribution < 1.29 is 14.1 Å².